The Bertz CT molecular complexity index is 1100. The first-order valence-electron chi connectivity index (χ1n) is 9.77. The number of methoxy groups -OCH3 is 2. The summed E-state index contributed by atoms with van der Waals surface area (Å²) in [4.78, 5) is 13.3. The first-order valence-corrected chi connectivity index (χ1v) is 9.77. The van der Waals surface area contributed by atoms with Crippen LogP contribution >= 0.6 is 0 Å². The molecule has 0 saturated heterocycles. The molecule has 7 heteroatoms. The first kappa shape index (κ1) is 22.8. The number of hydrogen-bond donors (Lipinski definition) is 1. The van der Waals surface area contributed by atoms with Crippen molar-refractivity contribution in [2.24, 2.45) is 0 Å². The van der Waals surface area contributed by atoms with Crippen molar-refractivity contribution in [3.8, 4) is 17.2 Å². The molecule has 3 aromatic rings. The fraction of sp³-hybridized carbons (Fsp3) is 0.160. The number of halogens is 2. The van der Waals surface area contributed by atoms with Gasteiger partial charge in [-0.15, -0.1) is 0 Å². The molecule has 3 rings (SSSR count). The van der Waals surface area contributed by atoms with Crippen LogP contribution < -0.4 is 19.5 Å². The third kappa shape index (κ3) is 5.63. The molecule has 5 nitrogen and oxygen atoms in total. The van der Waals surface area contributed by atoms with Crippen LogP contribution in [-0.2, 0) is 4.79 Å². The quantitative estimate of drug-likeness (QED) is 0.356. The fourth-order valence-corrected chi connectivity index (χ4v) is 3.11. The smallest absolute Gasteiger partial charge is 0.387 e. The summed E-state index contributed by atoms with van der Waals surface area (Å²) in [6.45, 7) is -1.04. The lowest BCUT2D eigenvalue weighted by atomic mass is 10.0. The van der Waals surface area contributed by atoms with Crippen LogP contribution in [0.3, 0.4) is 0 Å². The SMILES string of the molecule is COc1cc(C)c(NC(=O)/C(=C/c2ccc(OC(F)F)cc2)c2ccccc2)cc1OC. The molecule has 0 aliphatic rings. The number of benzene rings is 3. The van der Waals surface area contributed by atoms with Crippen molar-refractivity contribution in [1.82, 2.24) is 0 Å². The van der Waals surface area contributed by atoms with Gasteiger partial charge < -0.3 is 19.5 Å². The predicted molar refractivity (Wildman–Crippen MR) is 120 cm³/mol. The van der Waals surface area contributed by atoms with Crippen LogP contribution in [-0.4, -0.2) is 26.7 Å². The van der Waals surface area contributed by atoms with Crippen molar-refractivity contribution in [2.45, 2.75) is 13.5 Å². The third-order valence-electron chi connectivity index (χ3n) is 4.72. The Hall–Kier alpha value is -3.87. The topological polar surface area (TPSA) is 56.8 Å². The van der Waals surface area contributed by atoms with E-state index in [-0.39, 0.29) is 11.7 Å². The standard InChI is InChI=1S/C25H23F2NO4/c1-16-13-22(30-2)23(31-3)15-21(16)28-24(29)20(18-7-5-4-6-8-18)14-17-9-11-19(12-10-17)32-25(26)27/h4-15,25H,1-3H3,(H,28,29)/b20-14+. The minimum atomic E-state index is -2.90. The minimum absolute atomic E-state index is 0.0452. The lowest BCUT2D eigenvalue weighted by Gasteiger charge is -2.15. The fourth-order valence-electron chi connectivity index (χ4n) is 3.11. The normalized spacial score (nSPS) is 11.2. The van der Waals surface area contributed by atoms with E-state index in [0.29, 0.717) is 33.9 Å². The summed E-state index contributed by atoms with van der Waals surface area (Å²) in [5, 5.41) is 2.93. The van der Waals surface area contributed by atoms with Gasteiger partial charge in [-0.3, -0.25) is 4.79 Å². The number of rotatable bonds is 8. The van der Waals surface area contributed by atoms with E-state index in [1.165, 1.54) is 19.2 Å². The van der Waals surface area contributed by atoms with Gasteiger partial charge in [0.05, 0.1) is 14.2 Å². The van der Waals surface area contributed by atoms with Gasteiger partial charge in [-0.2, -0.15) is 8.78 Å². The summed E-state index contributed by atoms with van der Waals surface area (Å²) >= 11 is 0. The van der Waals surface area contributed by atoms with Crippen LogP contribution in [0.1, 0.15) is 16.7 Å². The van der Waals surface area contributed by atoms with Gasteiger partial charge in [0.25, 0.3) is 5.91 Å². The highest BCUT2D eigenvalue weighted by molar-refractivity contribution is 6.29. The highest BCUT2D eigenvalue weighted by Gasteiger charge is 2.16. The Balaban J connectivity index is 1.95. The molecule has 1 N–H and O–H groups in total. The Morgan fingerprint density at radius 3 is 2.16 bits per heavy atom. The predicted octanol–water partition coefficient (Wildman–Crippen LogP) is 5.79. The van der Waals surface area contributed by atoms with Gasteiger partial charge in [-0.25, -0.2) is 0 Å². The summed E-state index contributed by atoms with van der Waals surface area (Å²) in [7, 11) is 3.07. The molecular weight excluding hydrogens is 416 g/mol. The highest BCUT2D eigenvalue weighted by Crippen LogP contribution is 2.33. The van der Waals surface area contributed by atoms with E-state index in [1.54, 1.807) is 37.5 Å². The van der Waals surface area contributed by atoms with E-state index in [2.05, 4.69) is 10.1 Å². The first-order chi connectivity index (χ1) is 15.4. The number of aryl methyl sites for hydroxylation is 1. The summed E-state index contributed by atoms with van der Waals surface area (Å²) in [6.07, 6.45) is 1.69. The molecule has 0 aliphatic heterocycles. The van der Waals surface area contributed by atoms with E-state index in [4.69, 9.17) is 9.47 Å². The number of hydrogen-bond acceptors (Lipinski definition) is 4. The minimum Gasteiger partial charge on any atom is -0.493 e. The van der Waals surface area contributed by atoms with Crippen molar-refractivity contribution in [2.75, 3.05) is 19.5 Å². The molecule has 0 aromatic heterocycles. The van der Waals surface area contributed by atoms with Gasteiger partial charge in [0.2, 0.25) is 0 Å². The lowest BCUT2D eigenvalue weighted by molar-refractivity contribution is -0.111. The highest BCUT2D eigenvalue weighted by atomic mass is 19.3. The number of ether oxygens (including phenoxy) is 3. The van der Waals surface area contributed by atoms with Crippen LogP contribution in [0.2, 0.25) is 0 Å². The zero-order valence-corrected chi connectivity index (χ0v) is 17.9. The van der Waals surface area contributed by atoms with Crippen LogP contribution in [0.4, 0.5) is 14.5 Å². The Morgan fingerprint density at radius 2 is 1.56 bits per heavy atom. The monoisotopic (exact) mass is 439 g/mol. The molecule has 0 atom stereocenters. The molecule has 0 saturated carbocycles. The molecule has 32 heavy (non-hydrogen) atoms. The zero-order valence-electron chi connectivity index (χ0n) is 17.9. The average Bonchev–Trinajstić information content (AvgIpc) is 2.79. The molecule has 0 fully saturated rings. The van der Waals surface area contributed by atoms with Gasteiger partial charge in [0, 0.05) is 17.3 Å². The van der Waals surface area contributed by atoms with E-state index in [0.717, 1.165) is 5.56 Å². The Morgan fingerprint density at radius 1 is 0.938 bits per heavy atom. The van der Waals surface area contributed by atoms with Gasteiger partial charge in [0.15, 0.2) is 11.5 Å². The number of carbonyl (C=O) groups is 1. The van der Waals surface area contributed by atoms with Crippen molar-refractivity contribution in [3.05, 3.63) is 83.4 Å². The molecule has 0 heterocycles. The summed E-state index contributed by atoms with van der Waals surface area (Å²) in [5.74, 6) is 0.768. The molecule has 0 bridgehead atoms. The molecule has 0 spiro atoms. The maximum Gasteiger partial charge on any atom is 0.387 e. The number of nitrogens with one attached hydrogen (secondary N) is 1. The van der Waals surface area contributed by atoms with E-state index < -0.39 is 6.61 Å². The number of amides is 1. The van der Waals surface area contributed by atoms with Crippen LogP contribution in [0.15, 0.2) is 66.7 Å². The molecule has 0 unspecified atom stereocenters. The maximum absolute atomic E-state index is 13.3. The van der Waals surface area contributed by atoms with E-state index in [1.807, 2.05) is 37.3 Å². The van der Waals surface area contributed by atoms with Crippen molar-refractivity contribution >= 4 is 23.2 Å². The Kier molecular flexibility index (Phi) is 7.44. The largest absolute Gasteiger partial charge is 0.493 e. The van der Waals surface area contributed by atoms with Crippen LogP contribution in [0, 0.1) is 6.92 Å². The van der Waals surface area contributed by atoms with Crippen molar-refractivity contribution in [3.63, 3.8) is 0 Å². The molecular formula is C25H23F2NO4. The van der Waals surface area contributed by atoms with Crippen LogP contribution in [0.5, 0.6) is 17.2 Å². The van der Waals surface area contributed by atoms with Gasteiger partial charge >= 0.3 is 6.61 Å². The number of carbonyl (C=O) groups excluding carboxylic acids is 1. The second-order valence-corrected chi connectivity index (χ2v) is 6.85. The van der Waals surface area contributed by atoms with E-state index in [9.17, 15) is 13.6 Å². The van der Waals surface area contributed by atoms with Gasteiger partial charge in [-0.1, -0.05) is 42.5 Å². The van der Waals surface area contributed by atoms with Crippen LogP contribution in [0.25, 0.3) is 11.6 Å². The van der Waals surface area contributed by atoms with Gasteiger partial charge in [-0.05, 0) is 47.9 Å². The summed E-state index contributed by atoms with van der Waals surface area (Å²) in [6, 6.07) is 18.7. The zero-order chi connectivity index (χ0) is 23.1. The number of alkyl halides is 2. The second-order valence-electron chi connectivity index (χ2n) is 6.85. The van der Waals surface area contributed by atoms with Crippen molar-refractivity contribution < 1.29 is 27.8 Å². The molecule has 1 amide bonds. The Labute approximate surface area is 185 Å². The van der Waals surface area contributed by atoms with Crippen molar-refractivity contribution in [1.29, 1.82) is 0 Å². The molecule has 3 aromatic carbocycles. The summed E-state index contributed by atoms with van der Waals surface area (Å²) in [5.41, 5.74) is 3.15. The third-order valence-corrected chi connectivity index (χ3v) is 4.72. The molecule has 0 aliphatic carbocycles. The summed E-state index contributed by atoms with van der Waals surface area (Å²) < 4.78 is 39.8. The molecule has 166 valence electrons. The second kappa shape index (κ2) is 10.4. The number of anilines is 1. The molecule has 0 radical (unpaired) electrons. The van der Waals surface area contributed by atoms with Gasteiger partial charge in [0.1, 0.15) is 5.75 Å². The average molecular weight is 439 g/mol. The lowest BCUT2D eigenvalue weighted by Crippen LogP contribution is -2.14. The maximum atomic E-state index is 13.3. The van der Waals surface area contributed by atoms with E-state index >= 15 is 0 Å².